The van der Waals surface area contributed by atoms with E-state index in [-0.39, 0.29) is 17.9 Å². The van der Waals surface area contributed by atoms with Gasteiger partial charge in [0, 0.05) is 10.7 Å². The van der Waals surface area contributed by atoms with E-state index in [4.69, 9.17) is 16.7 Å². The summed E-state index contributed by atoms with van der Waals surface area (Å²) in [5.41, 5.74) is 1.47. The summed E-state index contributed by atoms with van der Waals surface area (Å²) in [6, 6.07) is 13.1. The number of nitrogens with one attached hydrogen (secondary N) is 1. The van der Waals surface area contributed by atoms with Crippen LogP contribution in [0.3, 0.4) is 0 Å². The summed E-state index contributed by atoms with van der Waals surface area (Å²) in [4.78, 5) is 22.6. The molecule has 0 aliphatic rings. The Hall–Kier alpha value is -2.33. The Morgan fingerprint density at radius 2 is 1.70 bits per heavy atom. The number of carbonyl (C=O) groups is 2. The monoisotopic (exact) mass is 289 g/mol. The van der Waals surface area contributed by atoms with Crippen molar-refractivity contribution in [1.29, 1.82) is 0 Å². The first-order valence-electron chi connectivity index (χ1n) is 5.93. The molecule has 0 radical (unpaired) electrons. The van der Waals surface area contributed by atoms with Gasteiger partial charge in [-0.25, -0.2) is 4.79 Å². The first-order chi connectivity index (χ1) is 9.56. The number of aromatic carboxylic acids is 1. The molecule has 0 aliphatic carbocycles. The van der Waals surface area contributed by atoms with Gasteiger partial charge in [-0.15, -0.1) is 0 Å². The van der Waals surface area contributed by atoms with Crippen molar-refractivity contribution in [2.45, 2.75) is 6.42 Å². The molecule has 0 fully saturated rings. The number of carboxylic acid groups (broad SMARTS) is 1. The van der Waals surface area contributed by atoms with Gasteiger partial charge in [-0.1, -0.05) is 29.8 Å². The molecule has 1 amide bonds. The Labute approximate surface area is 121 Å². The van der Waals surface area contributed by atoms with Crippen LogP contribution in [0.1, 0.15) is 15.9 Å². The summed E-state index contributed by atoms with van der Waals surface area (Å²) >= 11 is 5.98. The van der Waals surface area contributed by atoms with Crippen LogP contribution in [0, 0.1) is 0 Å². The van der Waals surface area contributed by atoms with Crippen LogP contribution >= 0.6 is 11.6 Å². The predicted octanol–water partition coefficient (Wildman–Crippen LogP) is 3.22. The van der Waals surface area contributed by atoms with Gasteiger partial charge in [0.05, 0.1) is 12.0 Å². The minimum absolute atomic E-state index is 0.167. The third-order valence-corrected chi connectivity index (χ3v) is 3.09. The third-order valence-electron chi connectivity index (χ3n) is 2.72. The number of hydrogen-bond acceptors (Lipinski definition) is 2. The molecule has 0 aliphatic heterocycles. The number of halogens is 1. The smallest absolute Gasteiger partial charge is 0.335 e. The van der Waals surface area contributed by atoms with Crippen molar-refractivity contribution < 1.29 is 14.7 Å². The van der Waals surface area contributed by atoms with Crippen LogP contribution in [-0.2, 0) is 11.2 Å². The molecule has 2 aromatic carbocycles. The summed E-state index contributed by atoms with van der Waals surface area (Å²) < 4.78 is 0. The van der Waals surface area contributed by atoms with Gasteiger partial charge in [0.15, 0.2) is 0 Å². The highest BCUT2D eigenvalue weighted by molar-refractivity contribution is 6.31. The molecular weight excluding hydrogens is 278 g/mol. The average Bonchev–Trinajstić information content (AvgIpc) is 2.42. The van der Waals surface area contributed by atoms with E-state index < -0.39 is 5.97 Å². The minimum Gasteiger partial charge on any atom is -0.478 e. The highest BCUT2D eigenvalue weighted by Crippen LogP contribution is 2.16. The van der Waals surface area contributed by atoms with Gasteiger partial charge >= 0.3 is 5.97 Å². The number of rotatable bonds is 4. The lowest BCUT2D eigenvalue weighted by Crippen LogP contribution is -2.14. The van der Waals surface area contributed by atoms with Crippen molar-refractivity contribution in [2.24, 2.45) is 0 Å². The normalized spacial score (nSPS) is 10.1. The van der Waals surface area contributed by atoms with Crippen LogP contribution < -0.4 is 5.32 Å². The van der Waals surface area contributed by atoms with Crippen LogP contribution in [0.5, 0.6) is 0 Å². The molecule has 0 spiro atoms. The van der Waals surface area contributed by atoms with E-state index in [1.54, 1.807) is 30.3 Å². The summed E-state index contributed by atoms with van der Waals surface area (Å²) in [6.07, 6.45) is 0.167. The molecule has 0 bridgehead atoms. The van der Waals surface area contributed by atoms with E-state index in [1.165, 1.54) is 12.1 Å². The molecule has 5 heteroatoms. The van der Waals surface area contributed by atoms with E-state index in [0.717, 1.165) is 5.56 Å². The first kappa shape index (κ1) is 14.1. The molecule has 2 aromatic rings. The topological polar surface area (TPSA) is 66.4 Å². The minimum atomic E-state index is -1.00. The number of anilines is 1. The van der Waals surface area contributed by atoms with Crippen LogP contribution in [-0.4, -0.2) is 17.0 Å². The summed E-state index contributed by atoms with van der Waals surface area (Å²) in [6.45, 7) is 0. The van der Waals surface area contributed by atoms with Gasteiger partial charge in [0.1, 0.15) is 0 Å². The second-order valence-electron chi connectivity index (χ2n) is 4.20. The van der Waals surface area contributed by atoms with E-state index >= 15 is 0 Å². The number of carbonyl (C=O) groups excluding carboxylic acids is 1. The largest absolute Gasteiger partial charge is 0.478 e. The molecular formula is C15H12ClNO3. The summed E-state index contributed by atoms with van der Waals surface area (Å²) in [5, 5.41) is 12.0. The Balaban J connectivity index is 2.01. The average molecular weight is 290 g/mol. The number of benzene rings is 2. The molecule has 0 saturated heterocycles. The van der Waals surface area contributed by atoms with Crippen molar-refractivity contribution in [1.82, 2.24) is 0 Å². The lowest BCUT2D eigenvalue weighted by Gasteiger charge is -2.06. The molecule has 0 heterocycles. The Bertz CT molecular complexity index is 638. The van der Waals surface area contributed by atoms with Crippen molar-refractivity contribution >= 4 is 29.2 Å². The van der Waals surface area contributed by atoms with E-state index in [9.17, 15) is 9.59 Å². The highest BCUT2D eigenvalue weighted by atomic mass is 35.5. The van der Waals surface area contributed by atoms with Gasteiger partial charge in [0.2, 0.25) is 5.91 Å². The second kappa shape index (κ2) is 6.21. The predicted molar refractivity (Wildman–Crippen MR) is 77.2 cm³/mol. The van der Waals surface area contributed by atoms with E-state index in [2.05, 4.69) is 5.32 Å². The molecule has 0 aromatic heterocycles. The van der Waals surface area contributed by atoms with Crippen LogP contribution in [0.25, 0.3) is 0 Å². The molecule has 0 saturated carbocycles. The SMILES string of the molecule is O=C(Cc1ccccc1Cl)Nc1ccc(C(=O)O)cc1. The quantitative estimate of drug-likeness (QED) is 0.908. The van der Waals surface area contributed by atoms with Crippen LogP contribution in [0.15, 0.2) is 48.5 Å². The molecule has 2 N–H and O–H groups in total. The molecule has 102 valence electrons. The fraction of sp³-hybridized carbons (Fsp3) is 0.0667. The zero-order chi connectivity index (χ0) is 14.5. The highest BCUT2D eigenvalue weighted by Gasteiger charge is 2.08. The third kappa shape index (κ3) is 3.59. The number of hydrogen-bond donors (Lipinski definition) is 2. The van der Waals surface area contributed by atoms with Gasteiger partial charge in [-0.3, -0.25) is 4.79 Å². The Morgan fingerprint density at radius 3 is 2.30 bits per heavy atom. The number of amides is 1. The maximum Gasteiger partial charge on any atom is 0.335 e. The fourth-order valence-electron chi connectivity index (χ4n) is 1.72. The summed E-state index contributed by atoms with van der Waals surface area (Å²) in [7, 11) is 0. The summed E-state index contributed by atoms with van der Waals surface area (Å²) in [5.74, 6) is -1.21. The maximum absolute atomic E-state index is 11.9. The standard InChI is InChI=1S/C15H12ClNO3/c16-13-4-2-1-3-11(13)9-14(18)17-12-7-5-10(6-8-12)15(19)20/h1-8H,9H2,(H,17,18)(H,19,20). The van der Waals surface area contributed by atoms with Crippen molar-refractivity contribution in [2.75, 3.05) is 5.32 Å². The van der Waals surface area contributed by atoms with Crippen LogP contribution in [0.4, 0.5) is 5.69 Å². The molecule has 2 rings (SSSR count). The molecule has 20 heavy (non-hydrogen) atoms. The van der Waals surface area contributed by atoms with Gasteiger partial charge < -0.3 is 10.4 Å². The van der Waals surface area contributed by atoms with Gasteiger partial charge in [-0.2, -0.15) is 0 Å². The van der Waals surface area contributed by atoms with Crippen molar-refractivity contribution in [3.05, 3.63) is 64.7 Å². The van der Waals surface area contributed by atoms with E-state index in [0.29, 0.717) is 10.7 Å². The number of carboxylic acids is 1. The molecule has 0 atom stereocenters. The second-order valence-corrected chi connectivity index (χ2v) is 4.61. The Kier molecular flexibility index (Phi) is 4.38. The maximum atomic E-state index is 11.9. The Morgan fingerprint density at radius 1 is 1.05 bits per heavy atom. The van der Waals surface area contributed by atoms with E-state index in [1.807, 2.05) is 6.07 Å². The van der Waals surface area contributed by atoms with Crippen molar-refractivity contribution in [3.63, 3.8) is 0 Å². The zero-order valence-corrected chi connectivity index (χ0v) is 11.2. The zero-order valence-electron chi connectivity index (χ0n) is 10.5. The van der Waals surface area contributed by atoms with Crippen LogP contribution in [0.2, 0.25) is 5.02 Å². The molecule has 4 nitrogen and oxygen atoms in total. The van der Waals surface area contributed by atoms with Crippen molar-refractivity contribution in [3.8, 4) is 0 Å². The van der Waals surface area contributed by atoms with Gasteiger partial charge in [0.25, 0.3) is 0 Å². The molecule has 0 unspecified atom stereocenters. The first-order valence-corrected chi connectivity index (χ1v) is 6.30. The lowest BCUT2D eigenvalue weighted by atomic mass is 10.1. The lowest BCUT2D eigenvalue weighted by molar-refractivity contribution is -0.115. The van der Waals surface area contributed by atoms with Gasteiger partial charge in [-0.05, 0) is 35.9 Å². The fourth-order valence-corrected chi connectivity index (χ4v) is 1.92.